The highest BCUT2D eigenvalue weighted by Gasteiger charge is 2.54. The topological polar surface area (TPSA) is 18.5 Å². The van der Waals surface area contributed by atoms with Crippen molar-refractivity contribution in [1.29, 1.82) is 0 Å². The maximum Gasteiger partial charge on any atom is 0.112 e. The molecule has 0 aromatic heterocycles. The molecule has 0 aliphatic carbocycles. The summed E-state index contributed by atoms with van der Waals surface area (Å²) in [5.41, 5.74) is -0.0654. The normalized spacial score (nSPS) is 55.3. The summed E-state index contributed by atoms with van der Waals surface area (Å²) in [7, 11) is 5.70. The Morgan fingerprint density at radius 3 is 2.73 bits per heavy atom. The summed E-state index contributed by atoms with van der Waals surface area (Å²) in [6, 6.07) is -0.189. The van der Waals surface area contributed by atoms with Crippen molar-refractivity contribution in [2.24, 2.45) is 0 Å². The lowest BCUT2D eigenvalue weighted by Gasteiger charge is -2.34. The van der Waals surface area contributed by atoms with Gasteiger partial charge in [-0.25, -0.2) is 0 Å². The van der Waals surface area contributed by atoms with Gasteiger partial charge in [0.15, 0.2) is 0 Å². The van der Waals surface area contributed by atoms with Gasteiger partial charge in [-0.05, 0) is 13.3 Å². The van der Waals surface area contributed by atoms with E-state index in [9.17, 15) is 0 Å². The molecule has 2 rings (SSSR count). The molecule has 2 unspecified atom stereocenters. The largest absolute Gasteiger partial charge is 0.376 e. The number of ether oxygens (including phenoxy) is 2. The van der Waals surface area contributed by atoms with E-state index >= 15 is 0 Å². The van der Waals surface area contributed by atoms with Crippen LogP contribution in [-0.2, 0) is 9.47 Å². The molecule has 60 valence electrons. The molecule has 2 nitrogen and oxygen atoms in total. The summed E-state index contributed by atoms with van der Waals surface area (Å²) in [4.78, 5) is 0. The minimum absolute atomic E-state index is 0.0654. The summed E-state index contributed by atoms with van der Waals surface area (Å²) in [6.45, 7) is 4.19. The highest BCUT2D eigenvalue weighted by atomic mass is 16.6. The molecule has 0 spiro atoms. The second-order valence-corrected chi connectivity index (χ2v) is 3.52. The van der Waals surface area contributed by atoms with Crippen molar-refractivity contribution >= 4 is 7.85 Å². The van der Waals surface area contributed by atoms with Gasteiger partial charge in [-0.2, -0.15) is 0 Å². The lowest BCUT2D eigenvalue weighted by molar-refractivity contribution is -0.154. The lowest BCUT2D eigenvalue weighted by atomic mass is 9.91. The van der Waals surface area contributed by atoms with Gasteiger partial charge >= 0.3 is 0 Å². The van der Waals surface area contributed by atoms with E-state index in [-0.39, 0.29) is 23.8 Å². The third-order valence-corrected chi connectivity index (χ3v) is 3.00. The van der Waals surface area contributed by atoms with Gasteiger partial charge in [-0.1, -0.05) is 6.92 Å². The fourth-order valence-electron chi connectivity index (χ4n) is 2.14. The summed E-state index contributed by atoms with van der Waals surface area (Å²) in [5.74, 6) is 0. The Bertz CT molecular complexity index is 169. The monoisotopic (exact) mass is 152 g/mol. The molecule has 0 N–H and O–H groups in total. The maximum absolute atomic E-state index is 5.70. The summed E-state index contributed by atoms with van der Waals surface area (Å²) >= 11 is 0. The Balaban J connectivity index is 2.20. The SMILES string of the molecule is [B][C@@H]1O[C@@]2(CC)CC1OC2C. The first-order chi connectivity index (χ1) is 5.18. The molecule has 2 fully saturated rings. The fraction of sp³-hybridized carbons (Fsp3) is 1.00. The lowest BCUT2D eigenvalue weighted by Crippen LogP contribution is -2.43. The molecular weight excluding hydrogens is 139 g/mol. The number of rotatable bonds is 1. The molecule has 2 radical (unpaired) electrons. The Morgan fingerprint density at radius 2 is 2.36 bits per heavy atom. The van der Waals surface area contributed by atoms with Gasteiger partial charge < -0.3 is 9.47 Å². The van der Waals surface area contributed by atoms with Crippen LogP contribution in [0.15, 0.2) is 0 Å². The summed E-state index contributed by atoms with van der Waals surface area (Å²) < 4.78 is 11.3. The van der Waals surface area contributed by atoms with E-state index in [4.69, 9.17) is 17.3 Å². The van der Waals surface area contributed by atoms with Crippen molar-refractivity contribution < 1.29 is 9.47 Å². The van der Waals surface area contributed by atoms with Crippen LogP contribution in [0.1, 0.15) is 26.7 Å². The standard InChI is InChI=1S/C8H13BO2/c1-3-8-4-6(7(9)11-8)10-5(8)2/h5-7H,3-4H2,1-2H3/t5?,6?,7-,8+/m1/s1. The highest BCUT2D eigenvalue weighted by Crippen LogP contribution is 2.44. The molecular formula is C8H13BO2. The van der Waals surface area contributed by atoms with Crippen LogP contribution in [0.2, 0.25) is 0 Å². The predicted molar refractivity (Wildman–Crippen MR) is 42.6 cm³/mol. The Kier molecular flexibility index (Phi) is 1.55. The zero-order chi connectivity index (χ0) is 8.06. The van der Waals surface area contributed by atoms with Crippen LogP contribution in [-0.4, -0.2) is 31.7 Å². The first-order valence-electron chi connectivity index (χ1n) is 4.27. The smallest absolute Gasteiger partial charge is 0.112 e. The zero-order valence-corrected chi connectivity index (χ0v) is 7.04. The number of fused-ring (bicyclic) bond motifs is 2. The molecule has 0 aromatic carbocycles. The molecule has 2 bridgehead atoms. The van der Waals surface area contributed by atoms with Crippen LogP contribution in [0.4, 0.5) is 0 Å². The van der Waals surface area contributed by atoms with Gasteiger partial charge in [0.25, 0.3) is 0 Å². The van der Waals surface area contributed by atoms with Crippen molar-refractivity contribution in [3.05, 3.63) is 0 Å². The van der Waals surface area contributed by atoms with E-state index in [1.807, 2.05) is 0 Å². The second-order valence-electron chi connectivity index (χ2n) is 3.52. The van der Waals surface area contributed by atoms with E-state index in [0.717, 1.165) is 12.8 Å². The molecule has 4 atom stereocenters. The van der Waals surface area contributed by atoms with Crippen LogP contribution < -0.4 is 0 Å². The van der Waals surface area contributed by atoms with Crippen molar-refractivity contribution in [2.45, 2.75) is 50.5 Å². The highest BCUT2D eigenvalue weighted by molar-refractivity contribution is 6.11. The van der Waals surface area contributed by atoms with E-state index in [1.54, 1.807) is 0 Å². The Morgan fingerprint density at radius 1 is 1.64 bits per heavy atom. The molecule has 2 aliphatic heterocycles. The molecule has 2 heterocycles. The van der Waals surface area contributed by atoms with Gasteiger partial charge in [0.05, 0.1) is 17.8 Å². The maximum atomic E-state index is 5.70. The third kappa shape index (κ3) is 0.874. The molecule has 2 saturated heterocycles. The minimum atomic E-state index is -0.189. The van der Waals surface area contributed by atoms with E-state index < -0.39 is 0 Å². The average Bonchev–Trinajstić information content (AvgIpc) is 2.43. The number of hydrogen-bond acceptors (Lipinski definition) is 2. The third-order valence-electron chi connectivity index (χ3n) is 3.00. The van der Waals surface area contributed by atoms with Gasteiger partial charge in [0.1, 0.15) is 7.85 Å². The van der Waals surface area contributed by atoms with E-state index in [1.165, 1.54) is 0 Å². The molecule has 2 aliphatic rings. The van der Waals surface area contributed by atoms with E-state index in [2.05, 4.69) is 13.8 Å². The number of hydrogen-bond donors (Lipinski definition) is 0. The van der Waals surface area contributed by atoms with Crippen molar-refractivity contribution in [1.82, 2.24) is 0 Å². The quantitative estimate of drug-likeness (QED) is 0.518. The zero-order valence-electron chi connectivity index (χ0n) is 7.04. The van der Waals surface area contributed by atoms with Crippen LogP contribution in [0, 0.1) is 0 Å². The second kappa shape index (κ2) is 2.24. The van der Waals surface area contributed by atoms with Crippen LogP contribution in [0.5, 0.6) is 0 Å². The molecule has 0 saturated carbocycles. The molecule has 0 aromatic rings. The van der Waals surface area contributed by atoms with E-state index in [0.29, 0.717) is 0 Å². The molecule has 11 heavy (non-hydrogen) atoms. The van der Waals surface area contributed by atoms with Gasteiger partial charge in [-0.15, -0.1) is 0 Å². The Hall–Kier alpha value is -0.0151. The van der Waals surface area contributed by atoms with Crippen molar-refractivity contribution in [3.63, 3.8) is 0 Å². The summed E-state index contributed by atoms with van der Waals surface area (Å²) in [5, 5.41) is 0. The summed E-state index contributed by atoms with van der Waals surface area (Å²) in [6.07, 6.45) is 2.34. The first-order valence-corrected chi connectivity index (χ1v) is 4.27. The van der Waals surface area contributed by atoms with Gasteiger partial charge in [0, 0.05) is 12.4 Å². The van der Waals surface area contributed by atoms with Crippen LogP contribution in [0.3, 0.4) is 0 Å². The Labute approximate surface area is 68.7 Å². The average molecular weight is 152 g/mol. The van der Waals surface area contributed by atoms with Crippen molar-refractivity contribution in [2.75, 3.05) is 0 Å². The van der Waals surface area contributed by atoms with Crippen molar-refractivity contribution in [3.8, 4) is 0 Å². The van der Waals surface area contributed by atoms with Gasteiger partial charge in [0.2, 0.25) is 0 Å². The van der Waals surface area contributed by atoms with Crippen LogP contribution >= 0.6 is 0 Å². The predicted octanol–water partition coefficient (Wildman–Crippen LogP) is 0.837. The fourth-order valence-corrected chi connectivity index (χ4v) is 2.14. The minimum Gasteiger partial charge on any atom is -0.376 e. The first kappa shape index (κ1) is 7.62. The molecule has 3 heteroatoms. The van der Waals surface area contributed by atoms with Gasteiger partial charge in [-0.3, -0.25) is 0 Å². The molecule has 0 amide bonds. The van der Waals surface area contributed by atoms with Crippen LogP contribution in [0.25, 0.3) is 0 Å².